The number of hydrazine groups is 1. The monoisotopic (exact) mass is 402 g/mol. The summed E-state index contributed by atoms with van der Waals surface area (Å²) in [5.74, 6) is 1.20. The summed E-state index contributed by atoms with van der Waals surface area (Å²) in [6.45, 7) is 2.11. The molecule has 9 heteroatoms. The first kappa shape index (κ1) is 19.9. The third kappa shape index (κ3) is 4.19. The maximum atomic E-state index is 12.2. The number of pyridine rings is 1. The highest BCUT2D eigenvalue weighted by atomic mass is 35.5. The minimum Gasteiger partial charge on any atom is -0.353 e. The predicted molar refractivity (Wildman–Crippen MR) is 110 cm³/mol. The molecule has 28 heavy (non-hydrogen) atoms. The van der Waals surface area contributed by atoms with E-state index in [1.807, 2.05) is 25.2 Å². The second-order valence-electron chi connectivity index (χ2n) is 6.37. The normalized spacial score (nSPS) is 16.7. The lowest BCUT2D eigenvalue weighted by atomic mass is 10.1. The van der Waals surface area contributed by atoms with Crippen LogP contribution in [0.5, 0.6) is 0 Å². The average molecular weight is 403 g/mol. The number of carbonyl (C=O) groups excluding carboxylic acids is 1. The molecule has 2 heterocycles. The first-order valence-corrected chi connectivity index (χ1v) is 9.08. The van der Waals surface area contributed by atoms with E-state index in [0.717, 1.165) is 5.82 Å². The highest BCUT2D eigenvalue weighted by molar-refractivity contribution is 6.33. The second-order valence-corrected chi connectivity index (χ2v) is 6.78. The van der Waals surface area contributed by atoms with E-state index in [1.54, 1.807) is 30.5 Å². The topological polar surface area (TPSA) is 81.8 Å². The molecule has 0 fully saturated rings. The molecule has 8 nitrogen and oxygen atoms in total. The number of nitrogens with zero attached hydrogens (tertiary/aromatic N) is 3. The lowest BCUT2D eigenvalue weighted by molar-refractivity contribution is 0.0538. The Hall–Kier alpha value is -2.81. The minimum atomic E-state index is -0.358. The van der Waals surface area contributed by atoms with Crippen molar-refractivity contribution in [1.82, 2.24) is 20.5 Å². The molecule has 0 radical (unpaired) electrons. The van der Waals surface area contributed by atoms with Crippen LogP contribution >= 0.6 is 11.6 Å². The Labute approximate surface area is 169 Å². The van der Waals surface area contributed by atoms with Crippen LogP contribution in [0.3, 0.4) is 0 Å². The molecule has 3 N–H and O–H groups in total. The van der Waals surface area contributed by atoms with Gasteiger partial charge in [0.2, 0.25) is 0 Å². The van der Waals surface area contributed by atoms with Gasteiger partial charge in [-0.25, -0.2) is 15.5 Å². The molecule has 1 aliphatic rings. The zero-order valence-corrected chi connectivity index (χ0v) is 16.9. The number of likely N-dealkylation sites (N-methyl/N-ethyl adjacent to an activating group) is 1. The number of rotatable bonds is 6. The molecule has 1 aromatic heterocycles. The van der Waals surface area contributed by atoms with E-state index in [9.17, 15) is 4.79 Å². The summed E-state index contributed by atoms with van der Waals surface area (Å²) in [5.41, 5.74) is 3.98. The number of halogens is 1. The molecular formula is C19H23ClN6O2. The van der Waals surface area contributed by atoms with Crippen LogP contribution in [0.1, 0.15) is 17.3 Å². The van der Waals surface area contributed by atoms with Gasteiger partial charge in [-0.1, -0.05) is 23.7 Å². The molecule has 0 bridgehead atoms. The van der Waals surface area contributed by atoms with Crippen LogP contribution in [-0.2, 0) is 4.84 Å². The van der Waals surface area contributed by atoms with Crippen LogP contribution in [0, 0.1) is 0 Å². The van der Waals surface area contributed by atoms with Gasteiger partial charge in [-0.2, -0.15) is 0 Å². The van der Waals surface area contributed by atoms with Gasteiger partial charge in [0.1, 0.15) is 11.6 Å². The van der Waals surface area contributed by atoms with Crippen molar-refractivity contribution < 1.29 is 9.63 Å². The second kappa shape index (κ2) is 8.47. The maximum Gasteiger partial charge on any atom is 0.276 e. The van der Waals surface area contributed by atoms with Crippen molar-refractivity contribution in [2.45, 2.75) is 13.0 Å². The van der Waals surface area contributed by atoms with Crippen molar-refractivity contribution in [2.24, 2.45) is 0 Å². The molecular weight excluding hydrogens is 380 g/mol. The van der Waals surface area contributed by atoms with Crippen LogP contribution < -0.4 is 16.1 Å². The van der Waals surface area contributed by atoms with Crippen molar-refractivity contribution >= 4 is 34.7 Å². The fraction of sp³-hybridized carbons (Fsp3) is 0.263. The van der Waals surface area contributed by atoms with Crippen molar-refractivity contribution in [3.63, 3.8) is 0 Å². The predicted octanol–water partition coefficient (Wildman–Crippen LogP) is 3.20. The number of anilines is 3. The van der Waals surface area contributed by atoms with Crippen LogP contribution in [-0.4, -0.2) is 48.2 Å². The zero-order valence-electron chi connectivity index (χ0n) is 16.2. The highest BCUT2D eigenvalue weighted by Gasteiger charge is 2.23. The van der Waals surface area contributed by atoms with E-state index < -0.39 is 0 Å². The number of hydrogen-bond donors (Lipinski definition) is 3. The van der Waals surface area contributed by atoms with Crippen molar-refractivity contribution in [2.75, 3.05) is 31.8 Å². The van der Waals surface area contributed by atoms with E-state index in [2.05, 4.69) is 39.1 Å². The standard InChI is InChI=1S/C19H23ClN6O2/c1-12-9-18(26(3)25(12)2)23-17-10-16(14(20)11-21-17)22-15-8-6-5-7-13(15)19(27)24-28-4/h5-12H,1-4H3,(H,24,27)(H2,21,22,23). The van der Waals surface area contributed by atoms with Gasteiger partial charge in [-0.05, 0) is 25.1 Å². The summed E-state index contributed by atoms with van der Waals surface area (Å²) in [4.78, 5) is 21.3. The summed E-state index contributed by atoms with van der Waals surface area (Å²) < 4.78 is 0. The quantitative estimate of drug-likeness (QED) is 0.640. The Morgan fingerprint density at radius 2 is 1.96 bits per heavy atom. The number of para-hydroxylation sites is 1. The minimum absolute atomic E-state index is 0.281. The van der Waals surface area contributed by atoms with Gasteiger partial charge < -0.3 is 10.6 Å². The first-order valence-electron chi connectivity index (χ1n) is 8.71. The van der Waals surface area contributed by atoms with E-state index in [1.165, 1.54) is 7.11 Å². The molecule has 1 unspecified atom stereocenters. The number of carbonyl (C=O) groups is 1. The summed E-state index contributed by atoms with van der Waals surface area (Å²) in [5, 5.41) is 11.0. The Morgan fingerprint density at radius 3 is 2.64 bits per heavy atom. The number of aromatic nitrogens is 1. The van der Waals surface area contributed by atoms with Crippen molar-refractivity contribution in [1.29, 1.82) is 0 Å². The summed E-state index contributed by atoms with van der Waals surface area (Å²) in [6, 6.07) is 9.17. The molecule has 0 saturated heterocycles. The summed E-state index contributed by atoms with van der Waals surface area (Å²) in [6.07, 6.45) is 3.67. The molecule has 1 amide bonds. The van der Waals surface area contributed by atoms with Crippen molar-refractivity contribution in [3.8, 4) is 0 Å². The maximum absolute atomic E-state index is 12.2. The molecule has 148 valence electrons. The average Bonchev–Trinajstić information content (AvgIpc) is 2.92. The Morgan fingerprint density at radius 1 is 1.21 bits per heavy atom. The number of hydroxylamine groups is 1. The third-order valence-electron chi connectivity index (χ3n) is 4.56. The van der Waals surface area contributed by atoms with E-state index >= 15 is 0 Å². The molecule has 3 rings (SSSR count). The zero-order chi connectivity index (χ0) is 20.3. The summed E-state index contributed by atoms with van der Waals surface area (Å²) in [7, 11) is 5.38. The Bertz CT molecular complexity index is 904. The van der Waals surface area contributed by atoms with Crippen LogP contribution in [0.15, 0.2) is 48.4 Å². The van der Waals surface area contributed by atoms with Crippen LogP contribution in [0.4, 0.5) is 17.2 Å². The number of nitrogens with one attached hydrogen (secondary N) is 3. The molecule has 2 aromatic rings. The van der Waals surface area contributed by atoms with E-state index in [-0.39, 0.29) is 11.9 Å². The van der Waals surface area contributed by atoms with E-state index in [0.29, 0.717) is 27.8 Å². The summed E-state index contributed by atoms with van der Waals surface area (Å²) >= 11 is 6.32. The number of amides is 1. The van der Waals surface area contributed by atoms with Gasteiger partial charge >= 0.3 is 0 Å². The molecule has 1 aliphatic heterocycles. The molecule has 0 saturated carbocycles. The Kier molecular flexibility index (Phi) is 6.03. The van der Waals surface area contributed by atoms with Gasteiger partial charge in [-0.15, -0.1) is 0 Å². The number of hydrogen-bond acceptors (Lipinski definition) is 7. The smallest absolute Gasteiger partial charge is 0.276 e. The van der Waals surface area contributed by atoms with Gasteiger partial charge in [0.25, 0.3) is 5.91 Å². The Balaban J connectivity index is 1.84. The third-order valence-corrected chi connectivity index (χ3v) is 4.86. The molecule has 0 spiro atoms. The van der Waals surface area contributed by atoms with Gasteiger partial charge in [0.15, 0.2) is 0 Å². The number of benzene rings is 1. The van der Waals surface area contributed by atoms with Crippen LogP contribution in [0.25, 0.3) is 0 Å². The lowest BCUT2D eigenvalue weighted by Gasteiger charge is -2.27. The fourth-order valence-electron chi connectivity index (χ4n) is 2.83. The molecule has 0 aliphatic carbocycles. The van der Waals surface area contributed by atoms with Crippen molar-refractivity contribution in [3.05, 3.63) is 59.0 Å². The SMILES string of the molecule is CONC(=O)c1ccccc1Nc1cc(NC2=CC(C)N(C)N2C)ncc1Cl. The highest BCUT2D eigenvalue weighted by Crippen LogP contribution is 2.30. The first-order chi connectivity index (χ1) is 13.4. The van der Waals surface area contributed by atoms with Gasteiger partial charge in [0.05, 0.1) is 35.3 Å². The van der Waals surface area contributed by atoms with E-state index in [4.69, 9.17) is 16.4 Å². The molecule has 1 aromatic carbocycles. The largest absolute Gasteiger partial charge is 0.353 e. The van der Waals surface area contributed by atoms with Gasteiger partial charge in [0, 0.05) is 26.2 Å². The van der Waals surface area contributed by atoms with Crippen LogP contribution in [0.2, 0.25) is 5.02 Å². The fourth-order valence-corrected chi connectivity index (χ4v) is 2.98. The molecule has 1 atom stereocenters. The van der Waals surface area contributed by atoms with Gasteiger partial charge in [-0.3, -0.25) is 14.6 Å². The lowest BCUT2D eigenvalue weighted by Crippen LogP contribution is -2.36.